The number of aliphatic hydroxyl groups excluding tert-OH is 4. The van der Waals surface area contributed by atoms with Crippen LogP contribution in [0, 0.1) is 40.4 Å². The molecule has 0 spiro atoms. The minimum Gasteiger partial charge on any atom is -0.493 e. The molecule has 116 heavy (non-hydrogen) atoms. The Morgan fingerprint density at radius 2 is 1.13 bits per heavy atom. The molecule has 10 atom stereocenters. The number of ether oxygens (including phenoxy) is 8. The van der Waals surface area contributed by atoms with E-state index in [1.165, 1.54) is 49.6 Å². The van der Waals surface area contributed by atoms with Crippen LogP contribution in [0.25, 0.3) is 0 Å². The monoisotopic (exact) mass is 1610 g/mol. The molecule has 4 amide bonds. The number of rotatable bonds is 30. The predicted molar refractivity (Wildman–Crippen MR) is 429 cm³/mol. The first-order valence-electron chi connectivity index (χ1n) is 39.1. The molecule has 27 nitrogen and oxygen atoms in total. The van der Waals surface area contributed by atoms with Gasteiger partial charge >= 0.3 is 16.5 Å². The van der Waals surface area contributed by atoms with Crippen LogP contribution in [-0.2, 0) is 76.8 Å². The second kappa shape index (κ2) is 34.7. The van der Waals surface area contributed by atoms with Crippen LogP contribution in [0.4, 0.5) is 16.2 Å². The highest BCUT2D eigenvalue weighted by Gasteiger charge is 2.50. The van der Waals surface area contributed by atoms with Crippen molar-refractivity contribution in [1.82, 2.24) is 20.4 Å². The largest absolute Gasteiger partial charge is 0.501 e. The first-order chi connectivity index (χ1) is 55.6. The third kappa shape index (κ3) is 19.4. The maximum atomic E-state index is 14.3. The van der Waals surface area contributed by atoms with E-state index in [0.717, 1.165) is 65.1 Å². The van der Waals surface area contributed by atoms with E-state index in [4.69, 9.17) is 56.2 Å². The molecule has 7 aromatic carbocycles. The fourth-order valence-electron chi connectivity index (χ4n) is 16.1. The molecule has 5 aliphatic heterocycles. The van der Waals surface area contributed by atoms with Gasteiger partial charge in [0.05, 0.1) is 89.3 Å². The molecule has 0 aromatic heterocycles. The molecule has 4 unspecified atom stereocenters. The molecule has 28 heteroatoms. The molecule has 7 aliphatic rings. The molecular formula is C88H100N7O20S+. The third-order valence-corrected chi connectivity index (χ3v) is 23.1. The SMILES string of the molecule is COc1cc2c(cc1OCc1cc(COc3cc4c(cc3OC)C(=O)N3Cc5ccccc5C[C@H]3C=N4)cc(C[N+](C)(C)Cc3ccc(OS(=O)(=O)Oc4cc(C(=O)NCC(C)(C)COCC(C)(C)CNC(=O)OCC5C6CCC#CCC[C@H]65)ccc4O[C@@H]4OC(CO)[C@H](O)[C@H](O)[C@H]4O)cc3)c1)N=CC1Cc3ccccc3CN1C2=O. The summed E-state index contributed by atoms with van der Waals surface area (Å²) in [5.41, 5.74) is 8.26. The van der Waals surface area contributed by atoms with E-state index >= 15 is 0 Å². The number of quaternary nitrogens is 1. The summed E-state index contributed by atoms with van der Waals surface area (Å²) >= 11 is 0. The summed E-state index contributed by atoms with van der Waals surface area (Å²) in [6.45, 7) is 10.0. The summed E-state index contributed by atoms with van der Waals surface area (Å²) in [6, 6.07) is 38.6. The number of hydrogen-bond acceptors (Lipinski definition) is 22. The lowest BCUT2D eigenvalue weighted by atomic mass is 9.93. The summed E-state index contributed by atoms with van der Waals surface area (Å²) in [5.74, 6) is 7.26. The van der Waals surface area contributed by atoms with Crippen molar-refractivity contribution in [3.8, 4) is 52.1 Å². The van der Waals surface area contributed by atoms with Gasteiger partial charge in [0.2, 0.25) is 6.29 Å². The Labute approximate surface area is 675 Å². The number of hydrogen-bond donors (Lipinski definition) is 6. The van der Waals surface area contributed by atoms with E-state index in [2.05, 4.69) is 34.6 Å². The number of fused-ring (bicyclic) bond motifs is 7. The average Bonchev–Trinajstić information content (AvgIpc) is 1.58. The summed E-state index contributed by atoms with van der Waals surface area (Å²) in [4.78, 5) is 68.7. The molecule has 5 heterocycles. The van der Waals surface area contributed by atoms with Gasteiger partial charge in [-0.3, -0.25) is 24.4 Å². The zero-order chi connectivity index (χ0) is 81.8. The molecule has 0 radical (unpaired) electrons. The van der Waals surface area contributed by atoms with Crippen LogP contribution in [0.1, 0.15) is 129 Å². The second-order valence-electron chi connectivity index (χ2n) is 33.1. The average molecular weight is 1610 g/mol. The van der Waals surface area contributed by atoms with Crippen LogP contribution in [0.3, 0.4) is 0 Å². The number of carbonyl (C=O) groups is 4. The van der Waals surface area contributed by atoms with Crippen molar-refractivity contribution in [2.45, 2.75) is 148 Å². The van der Waals surface area contributed by atoms with Gasteiger partial charge < -0.3 is 91.6 Å². The van der Waals surface area contributed by atoms with Crippen molar-refractivity contribution in [3.63, 3.8) is 0 Å². The van der Waals surface area contributed by atoms with Gasteiger partial charge in [-0.1, -0.05) is 76.2 Å². The number of amides is 4. The zero-order valence-corrected chi connectivity index (χ0v) is 67.1. The van der Waals surface area contributed by atoms with Crippen LogP contribution < -0.4 is 42.7 Å². The number of benzene rings is 7. The van der Waals surface area contributed by atoms with Crippen molar-refractivity contribution >= 4 is 58.0 Å². The first kappa shape index (κ1) is 81.9. The standard InChI is InChI=1S/C88H99N7O20S/c1-87(2,51-108-52-88(3,4)50-92-86(103)111-48-69-65-21-11-9-10-12-22-66(65)69)49-91-82(100)59-25-28-72(112-85-81(99)80(98)79(97)78(45-96)113-85)77(34-59)115-116(104,105)114-64-26-23-53(24-27-64)43-95(5,6)44-54-29-55(46-109-75-37-70-67(35-73(75)106-7)83(101)93-41-60-19-15-13-17-57(60)32-62(93)39-89-70)31-56(30-54)47-110-76-38-71-68(36-74(76)107-8)84(102)94-42-61-20-16-14-18-58(61)33-63(94)40-90-71/h13-20,23-31,34-40,62-63,65-66,69,78-81,85,96-99H,11-12,21-22,32-33,41-52H2,1-8H3,(H-,91,92,100,103)/p+1/t62-,63?,65+,66?,69?,78?,79-,80-,81+,85+/m0/s1. The highest BCUT2D eigenvalue weighted by molar-refractivity contribution is 7.82. The Morgan fingerprint density at radius 3 is 1.67 bits per heavy atom. The van der Waals surface area contributed by atoms with Gasteiger partial charge in [0.15, 0.2) is 34.5 Å². The van der Waals surface area contributed by atoms with E-state index in [0.29, 0.717) is 120 Å². The Hall–Kier alpha value is -10.6. The number of aliphatic imine (C=N–C) groups is 2. The van der Waals surface area contributed by atoms with E-state index in [9.17, 15) is 48.0 Å². The number of aliphatic hydroxyl groups is 4. The van der Waals surface area contributed by atoms with Crippen LogP contribution in [0.5, 0.6) is 40.2 Å². The number of nitrogens with one attached hydrogen (secondary N) is 2. The maximum absolute atomic E-state index is 14.3. The molecule has 1 saturated heterocycles. The Kier molecular flexibility index (Phi) is 24.5. The van der Waals surface area contributed by atoms with Crippen molar-refractivity contribution in [3.05, 3.63) is 195 Å². The normalized spacial score (nSPS) is 21.9. The molecule has 0 bridgehead atoms. The minimum atomic E-state index is -5.09. The molecule has 1 saturated carbocycles. The lowest BCUT2D eigenvalue weighted by molar-refractivity contribution is -0.916. The molecule has 14 rings (SSSR count). The Bertz CT molecular complexity index is 4900. The number of carbonyl (C=O) groups excluding carboxylic acids is 4. The van der Waals surface area contributed by atoms with Gasteiger partial charge in [-0.25, -0.2) is 4.79 Å². The van der Waals surface area contributed by atoms with Gasteiger partial charge in [-0.15, -0.1) is 20.3 Å². The van der Waals surface area contributed by atoms with Crippen LogP contribution >= 0.6 is 0 Å². The quantitative estimate of drug-likeness (QED) is 0.0180. The Balaban J connectivity index is 0.647. The molecule has 2 fully saturated rings. The smallest absolute Gasteiger partial charge is 0.493 e. The topological polar surface area (TPSA) is 331 Å². The lowest BCUT2D eigenvalue weighted by Crippen LogP contribution is -2.60. The van der Waals surface area contributed by atoms with Crippen LogP contribution in [0.15, 0.2) is 143 Å². The van der Waals surface area contributed by atoms with Crippen LogP contribution in [0.2, 0.25) is 0 Å². The fraction of sp³-hybridized carbons (Fsp3) is 0.432. The summed E-state index contributed by atoms with van der Waals surface area (Å²) in [7, 11) is 2.05. The van der Waals surface area contributed by atoms with Crippen molar-refractivity contribution in [2.24, 2.45) is 38.6 Å². The van der Waals surface area contributed by atoms with Gasteiger partial charge in [-0.2, -0.15) is 0 Å². The molecule has 2 aliphatic carbocycles. The molecular weight excluding hydrogens is 1510 g/mol. The van der Waals surface area contributed by atoms with Crippen molar-refractivity contribution in [1.29, 1.82) is 0 Å². The fourth-order valence-corrected chi connectivity index (χ4v) is 16.8. The van der Waals surface area contributed by atoms with E-state index in [-0.39, 0.29) is 68.2 Å². The molecule has 7 aromatic rings. The number of methoxy groups -OCH3 is 2. The van der Waals surface area contributed by atoms with Gasteiger partial charge in [0.1, 0.15) is 56.5 Å². The van der Waals surface area contributed by atoms with E-state index in [1.54, 1.807) is 36.4 Å². The van der Waals surface area contributed by atoms with Crippen LogP contribution in [-0.4, -0.2) is 190 Å². The maximum Gasteiger partial charge on any atom is 0.501 e. The Morgan fingerprint density at radius 1 is 0.603 bits per heavy atom. The molecule has 6 N–H and O–H groups in total. The number of nitrogens with zero attached hydrogens (tertiary/aromatic N) is 5. The zero-order valence-electron chi connectivity index (χ0n) is 66.3. The molecule has 612 valence electrons. The summed E-state index contributed by atoms with van der Waals surface area (Å²) in [6.07, 6.45) is -0.366. The van der Waals surface area contributed by atoms with Gasteiger partial charge in [0.25, 0.3) is 17.7 Å². The number of alkyl carbamates (subject to hydrolysis) is 1. The van der Waals surface area contributed by atoms with E-state index in [1.807, 2.05) is 119 Å². The van der Waals surface area contributed by atoms with Crippen molar-refractivity contribution in [2.75, 3.05) is 67.8 Å². The predicted octanol–water partition coefficient (Wildman–Crippen LogP) is 10.1. The first-order valence-corrected chi connectivity index (χ1v) is 40.5. The highest BCUT2D eigenvalue weighted by Crippen LogP contribution is 2.53. The van der Waals surface area contributed by atoms with Gasteiger partial charge in [0, 0.05) is 91.1 Å². The second-order valence-corrected chi connectivity index (χ2v) is 34.3. The third-order valence-electron chi connectivity index (χ3n) is 22.3. The highest BCUT2D eigenvalue weighted by atomic mass is 32.3. The summed E-state index contributed by atoms with van der Waals surface area (Å²) < 4.78 is 87.9. The lowest BCUT2D eigenvalue weighted by Gasteiger charge is -2.39. The van der Waals surface area contributed by atoms with Gasteiger partial charge in [-0.05, 0) is 150 Å². The van der Waals surface area contributed by atoms with E-state index < -0.39 is 82.0 Å². The summed E-state index contributed by atoms with van der Waals surface area (Å²) in [5, 5.41) is 47.8. The van der Waals surface area contributed by atoms with Crippen molar-refractivity contribution < 1.29 is 98.8 Å². The minimum absolute atomic E-state index is 0.0585.